The molecule has 0 aliphatic rings. The maximum Gasteiger partial charge on any atom is 0.278 e. The van der Waals surface area contributed by atoms with Crippen molar-refractivity contribution in [3.8, 4) is 0 Å². The molecule has 7 heteroatoms. The number of hydrogen-bond donors (Lipinski definition) is 1. The molecule has 0 saturated carbocycles. The number of carbonyl (C=O) groups is 1. The second kappa shape index (κ2) is 4.40. The second-order valence-corrected chi connectivity index (χ2v) is 4.40. The van der Waals surface area contributed by atoms with Crippen LogP contribution >= 0.6 is 11.6 Å². The minimum absolute atomic E-state index is 0.179. The summed E-state index contributed by atoms with van der Waals surface area (Å²) in [6, 6.07) is 7.15. The number of aromatic nitrogens is 4. The summed E-state index contributed by atoms with van der Waals surface area (Å²) in [6.45, 7) is 0. The van der Waals surface area contributed by atoms with Gasteiger partial charge >= 0.3 is 0 Å². The van der Waals surface area contributed by atoms with E-state index in [-0.39, 0.29) is 11.6 Å². The molecule has 3 aromatic heterocycles. The molecular formula is C12H10ClN5O. The first-order valence-electron chi connectivity index (χ1n) is 5.59. The predicted octanol–water partition coefficient (Wildman–Crippen LogP) is 1.97. The normalized spacial score (nSPS) is 10.8. The maximum atomic E-state index is 12.1. The van der Waals surface area contributed by atoms with Gasteiger partial charge in [-0.05, 0) is 12.1 Å². The summed E-state index contributed by atoms with van der Waals surface area (Å²) in [7, 11) is 1.77. The van der Waals surface area contributed by atoms with Crippen molar-refractivity contribution in [3.05, 3.63) is 47.4 Å². The van der Waals surface area contributed by atoms with Crippen LogP contribution in [0.2, 0.25) is 5.02 Å². The Balaban J connectivity index is 1.95. The van der Waals surface area contributed by atoms with Crippen LogP contribution in [0.4, 0.5) is 5.82 Å². The number of nitrogens with zero attached hydrogens (tertiary/aromatic N) is 4. The fourth-order valence-electron chi connectivity index (χ4n) is 1.77. The monoisotopic (exact) mass is 275 g/mol. The summed E-state index contributed by atoms with van der Waals surface area (Å²) in [5.41, 5.74) is 0.869. The van der Waals surface area contributed by atoms with Gasteiger partial charge in [0, 0.05) is 25.5 Å². The van der Waals surface area contributed by atoms with Crippen molar-refractivity contribution in [2.24, 2.45) is 7.05 Å². The Bertz CT molecular complexity index is 760. The van der Waals surface area contributed by atoms with Gasteiger partial charge in [0.05, 0.1) is 10.5 Å². The minimum atomic E-state index is -0.382. The largest absolute Gasteiger partial charge is 0.304 e. The van der Waals surface area contributed by atoms with Gasteiger partial charge in [-0.2, -0.15) is 10.2 Å². The van der Waals surface area contributed by atoms with Gasteiger partial charge < -0.3 is 5.32 Å². The number of pyridine rings is 1. The van der Waals surface area contributed by atoms with E-state index in [0.29, 0.717) is 16.4 Å². The highest BCUT2D eigenvalue weighted by atomic mass is 35.5. The van der Waals surface area contributed by atoms with E-state index in [1.807, 2.05) is 12.1 Å². The summed E-state index contributed by atoms with van der Waals surface area (Å²) in [5, 5.41) is 11.2. The van der Waals surface area contributed by atoms with Crippen LogP contribution in [0.5, 0.6) is 0 Å². The lowest BCUT2D eigenvalue weighted by Crippen LogP contribution is -2.13. The molecule has 3 heterocycles. The number of hydrogen-bond acceptors (Lipinski definition) is 3. The van der Waals surface area contributed by atoms with Crippen molar-refractivity contribution in [2.75, 3.05) is 5.32 Å². The molecule has 0 aliphatic carbocycles. The van der Waals surface area contributed by atoms with Crippen LogP contribution in [-0.2, 0) is 7.05 Å². The van der Waals surface area contributed by atoms with E-state index in [2.05, 4.69) is 15.5 Å². The average molecular weight is 276 g/mol. The summed E-state index contributed by atoms with van der Waals surface area (Å²) in [5.74, 6) is 0.0769. The Morgan fingerprint density at radius 3 is 2.79 bits per heavy atom. The van der Waals surface area contributed by atoms with Crippen LogP contribution in [0.25, 0.3) is 5.52 Å². The Labute approximate surface area is 113 Å². The molecule has 0 aromatic carbocycles. The van der Waals surface area contributed by atoms with Crippen molar-refractivity contribution >= 4 is 28.8 Å². The molecule has 1 amide bonds. The number of anilines is 1. The van der Waals surface area contributed by atoms with Gasteiger partial charge in [-0.1, -0.05) is 17.7 Å². The van der Waals surface area contributed by atoms with Gasteiger partial charge in [-0.15, -0.1) is 0 Å². The third-order valence-corrected chi connectivity index (χ3v) is 3.02. The quantitative estimate of drug-likeness (QED) is 0.778. The van der Waals surface area contributed by atoms with E-state index < -0.39 is 0 Å². The highest BCUT2D eigenvalue weighted by Gasteiger charge is 2.18. The first-order valence-corrected chi connectivity index (χ1v) is 5.97. The fourth-order valence-corrected chi connectivity index (χ4v) is 2.04. The van der Waals surface area contributed by atoms with E-state index in [1.54, 1.807) is 40.8 Å². The maximum absolute atomic E-state index is 12.1. The number of fused-ring (bicyclic) bond motifs is 1. The first-order chi connectivity index (χ1) is 9.15. The number of halogens is 1. The summed E-state index contributed by atoms with van der Waals surface area (Å²) < 4.78 is 3.16. The van der Waals surface area contributed by atoms with Gasteiger partial charge in [0.15, 0.2) is 11.5 Å². The van der Waals surface area contributed by atoms with E-state index in [9.17, 15) is 4.79 Å². The van der Waals surface area contributed by atoms with Crippen molar-refractivity contribution < 1.29 is 4.79 Å². The average Bonchev–Trinajstić information content (AvgIpc) is 2.94. The number of nitrogens with one attached hydrogen (secondary N) is 1. The molecule has 19 heavy (non-hydrogen) atoms. The van der Waals surface area contributed by atoms with Crippen LogP contribution in [0.3, 0.4) is 0 Å². The predicted molar refractivity (Wildman–Crippen MR) is 71.4 cm³/mol. The zero-order valence-electron chi connectivity index (χ0n) is 10.0. The number of amides is 1. The molecule has 6 nitrogen and oxygen atoms in total. The summed E-state index contributed by atoms with van der Waals surface area (Å²) >= 11 is 6.15. The highest BCUT2D eigenvalue weighted by molar-refractivity contribution is 6.37. The first kappa shape index (κ1) is 11.7. The van der Waals surface area contributed by atoms with E-state index in [1.165, 1.54) is 0 Å². The molecule has 0 radical (unpaired) electrons. The topological polar surface area (TPSA) is 64.2 Å². The SMILES string of the molecule is Cn1ccc(NC(=O)c2nn3ccccc3c2Cl)n1. The molecular weight excluding hydrogens is 266 g/mol. The van der Waals surface area contributed by atoms with E-state index in [4.69, 9.17) is 11.6 Å². The Kier molecular flexibility index (Phi) is 2.72. The van der Waals surface area contributed by atoms with Crippen LogP contribution in [-0.4, -0.2) is 25.3 Å². The standard InChI is InChI=1S/C12H10ClN5O/c1-17-7-5-9(15-17)14-12(19)11-10(13)8-4-2-3-6-18(8)16-11/h2-7H,1H3,(H,14,15,19). The second-order valence-electron chi connectivity index (χ2n) is 4.02. The zero-order valence-corrected chi connectivity index (χ0v) is 10.8. The lowest BCUT2D eigenvalue weighted by molar-refractivity contribution is 0.102. The van der Waals surface area contributed by atoms with Crippen LogP contribution in [0.1, 0.15) is 10.5 Å². The van der Waals surface area contributed by atoms with Gasteiger partial charge in [-0.25, -0.2) is 4.52 Å². The third kappa shape index (κ3) is 2.06. The molecule has 0 fully saturated rings. The molecule has 0 spiro atoms. The van der Waals surface area contributed by atoms with Crippen LogP contribution in [0.15, 0.2) is 36.7 Å². The number of rotatable bonds is 2. The Hall–Kier alpha value is -2.34. The molecule has 0 saturated heterocycles. The van der Waals surface area contributed by atoms with Gasteiger partial charge in [0.2, 0.25) is 0 Å². The number of carbonyl (C=O) groups excluding carboxylic acids is 1. The van der Waals surface area contributed by atoms with Crippen LogP contribution < -0.4 is 5.32 Å². The molecule has 0 atom stereocenters. The molecule has 0 unspecified atom stereocenters. The summed E-state index contributed by atoms with van der Waals surface area (Å²) in [4.78, 5) is 12.1. The van der Waals surface area contributed by atoms with Crippen molar-refractivity contribution in [2.45, 2.75) is 0 Å². The molecule has 0 bridgehead atoms. The number of aryl methyl sites for hydroxylation is 1. The molecule has 96 valence electrons. The Morgan fingerprint density at radius 1 is 1.26 bits per heavy atom. The molecule has 1 N–H and O–H groups in total. The van der Waals surface area contributed by atoms with Gasteiger partial charge in [-0.3, -0.25) is 9.48 Å². The highest BCUT2D eigenvalue weighted by Crippen LogP contribution is 2.22. The fraction of sp³-hybridized carbons (Fsp3) is 0.0833. The Morgan fingerprint density at radius 2 is 2.11 bits per heavy atom. The van der Waals surface area contributed by atoms with Crippen molar-refractivity contribution in [1.82, 2.24) is 19.4 Å². The van der Waals surface area contributed by atoms with Crippen LogP contribution in [0, 0.1) is 0 Å². The minimum Gasteiger partial charge on any atom is -0.304 e. The van der Waals surface area contributed by atoms with Crippen molar-refractivity contribution in [3.63, 3.8) is 0 Å². The third-order valence-electron chi connectivity index (χ3n) is 2.65. The van der Waals surface area contributed by atoms with E-state index >= 15 is 0 Å². The van der Waals surface area contributed by atoms with Gasteiger partial charge in [0.1, 0.15) is 0 Å². The lowest BCUT2D eigenvalue weighted by Gasteiger charge is -1.98. The van der Waals surface area contributed by atoms with Gasteiger partial charge in [0.25, 0.3) is 5.91 Å². The molecule has 3 aromatic rings. The molecule has 0 aliphatic heterocycles. The van der Waals surface area contributed by atoms with Crippen molar-refractivity contribution in [1.29, 1.82) is 0 Å². The van der Waals surface area contributed by atoms with E-state index in [0.717, 1.165) is 0 Å². The smallest absolute Gasteiger partial charge is 0.278 e. The zero-order chi connectivity index (χ0) is 13.4. The lowest BCUT2D eigenvalue weighted by atomic mass is 10.3. The summed E-state index contributed by atoms with van der Waals surface area (Å²) in [6.07, 6.45) is 3.47. The molecule has 3 rings (SSSR count).